The van der Waals surface area contributed by atoms with E-state index in [4.69, 9.17) is 0 Å². The first kappa shape index (κ1) is 34.4. The number of rotatable bonds is 5. The van der Waals surface area contributed by atoms with Gasteiger partial charge in [-0.15, -0.1) is 0 Å². The number of para-hydroxylation sites is 2. The summed E-state index contributed by atoms with van der Waals surface area (Å²) in [5.74, 6) is -3.91. The molecule has 8 heteroatoms. The average molecular weight is 759 g/mol. The van der Waals surface area contributed by atoms with Crippen molar-refractivity contribution in [2.24, 2.45) is 0 Å². The molecular formula is C49H28F6N2. The van der Waals surface area contributed by atoms with Crippen molar-refractivity contribution in [3.8, 4) is 44.8 Å². The lowest BCUT2D eigenvalue weighted by atomic mass is 9.98. The largest absolute Gasteiger partial charge is 0.420 e. The standard InChI is InChI=1S/C49H28F6N2/c50-34-27-39(48(52)40(51)28-34)33-25-45(56-41-17-9-7-15-35(41)37-21-19-31(23-43(37)56)29-11-3-1-4-12-29)47(49(53,54)55)46(26-33)57-42-18-10-8-16-36(42)38-22-20-32(24-44(38)57)30-13-5-2-6-14-30/h1-28H. The topological polar surface area (TPSA) is 9.86 Å². The second-order valence-corrected chi connectivity index (χ2v) is 14.0. The lowest BCUT2D eigenvalue weighted by molar-refractivity contribution is -0.137. The predicted molar refractivity (Wildman–Crippen MR) is 216 cm³/mol. The Morgan fingerprint density at radius 2 is 0.807 bits per heavy atom. The Morgan fingerprint density at radius 3 is 1.28 bits per heavy atom. The van der Waals surface area contributed by atoms with Gasteiger partial charge in [0, 0.05) is 33.2 Å². The van der Waals surface area contributed by atoms with Gasteiger partial charge in [0.05, 0.1) is 33.4 Å². The number of alkyl halides is 3. The van der Waals surface area contributed by atoms with Crippen molar-refractivity contribution in [1.82, 2.24) is 9.13 Å². The number of fused-ring (bicyclic) bond motifs is 6. The van der Waals surface area contributed by atoms with Gasteiger partial charge in [0.25, 0.3) is 0 Å². The number of halogens is 6. The van der Waals surface area contributed by atoms with Crippen LogP contribution in [0, 0.1) is 17.5 Å². The van der Waals surface area contributed by atoms with Gasteiger partial charge in [-0.25, -0.2) is 13.2 Å². The molecule has 2 nitrogen and oxygen atoms in total. The molecule has 0 unspecified atom stereocenters. The lowest BCUT2D eigenvalue weighted by Crippen LogP contribution is -2.16. The van der Waals surface area contributed by atoms with Crippen LogP contribution in [-0.2, 0) is 6.18 Å². The molecule has 0 saturated carbocycles. The zero-order chi connectivity index (χ0) is 39.0. The Morgan fingerprint density at radius 1 is 0.368 bits per heavy atom. The molecule has 0 amide bonds. The molecule has 0 bridgehead atoms. The molecule has 0 N–H and O–H groups in total. The fourth-order valence-electron chi connectivity index (χ4n) is 8.26. The quantitative estimate of drug-likeness (QED) is 0.122. The van der Waals surface area contributed by atoms with Crippen molar-refractivity contribution in [3.63, 3.8) is 0 Å². The molecule has 0 saturated heterocycles. The van der Waals surface area contributed by atoms with E-state index >= 15 is 17.6 Å². The summed E-state index contributed by atoms with van der Waals surface area (Å²) in [5.41, 5.74) is 2.78. The van der Waals surface area contributed by atoms with Crippen LogP contribution in [-0.4, -0.2) is 9.13 Å². The second-order valence-electron chi connectivity index (χ2n) is 14.0. The molecule has 2 heterocycles. The van der Waals surface area contributed by atoms with Crippen molar-refractivity contribution in [1.29, 1.82) is 0 Å². The number of hydrogen-bond donors (Lipinski definition) is 0. The summed E-state index contributed by atoms with van der Waals surface area (Å²) in [6, 6.07) is 48.1. The van der Waals surface area contributed by atoms with Crippen molar-refractivity contribution >= 4 is 43.6 Å². The van der Waals surface area contributed by atoms with Gasteiger partial charge >= 0.3 is 6.18 Å². The highest BCUT2D eigenvalue weighted by atomic mass is 19.4. The van der Waals surface area contributed by atoms with E-state index in [1.165, 1.54) is 21.3 Å². The normalized spacial score (nSPS) is 12.0. The van der Waals surface area contributed by atoms with Gasteiger partial charge in [-0.2, -0.15) is 13.2 Å². The van der Waals surface area contributed by atoms with E-state index in [1.807, 2.05) is 121 Å². The summed E-state index contributed by atoms with van der Waals surface area (Å²) in [5, 5.41) is 2.77. The molecule has 0 fully saturated rings. The van der Waals surface area contributed by atoms with Crippen LogP contribution in [0.15, 0.2) is 170 Å². The van der Waals surface area contributed by atoms with Crippen LogP contribution < -0.4 is 0 Å². The Kier molecular flexibility index (Phi) is 7.87. The number of aromatic nitrogens is 2. The molecule has 0 atom stereocenters. The van der Waals surface area contributed by atoms with E-state index in [0.29, 0.717) is 49.7 Å². The third-order valence-corrected chi connectivity index (χ3v) is 10.7. The summed E-state index contributed by atoms with van der Waals surface area (Å²) in [6.07, 6.45) is -4.99. The Balaban J connectivity index is 1.40. The highest BCUT2D eigenvalue weighted by Gasteiger charge is 2.40. The zero-order valence-corrected chi connectivity index (χ0v) is 29.8. The third kappa shape index (κ3) is 5.59. The van der Waals surface area contributed by atoms with Gasteiger partial charge in [0.2, 0.25) is 0 Å². The van der Waals surface area contributed by atoms with E-state index in [-0.39, 0.29) is 16.9 Å². The Labute approximate surface area is 322 Å². The minimum absolute atomic E-state index is 0.140. The minimum atomic E-state index is -4.99. The van der Waals surface area contributed by atoms with Crippen LogP contribution in [0.1, 0.15) is 5.56 Å². The average Bonchev–Trinajstić information content (AvgIpc) is 3.74. The zero-order valence-electron chi connectivity index (χ0n) is 29.8. The minimum Gasteiger partial charge on any atom is -0.309 e. The van der Waals surface area contributed by atoms with Crippen molar-refractivity contribution < 1.29 is 26.3 Å². The van der Waals surface area contributed by atoms with E-state index < -0.39 is 34.8 Å². The fraction of sp³-hybridized carbons (Fsp3) is 0.0204. The van der Waals surface area contributed by atoms with Crippen LogP contribution in [0.2, 0.25) is 0 Å². The SMILES string of the molecule is Fc1cc(F)c(F)c(-c2cc(-n3c4ccccc4c4ccc(-c5ccccc5)cc43)c(C(F)(F)F)c(-n3c4ccccc4c4ccc(-c5ccccc5)cc43)c2)c1. The maximum atomic E-state index is 16.3. The van der Waals surface area contributed by atoms with Crippen molar-refractivity contribution in [2.45, 2.75) is 6.18 Å². The van der Waals surface area contributed by atoms with Crippen molar-refractivity contribution in [3.05, 3.63) is 193 Å². The van der Waals surface area contributed by atoms with E-state index in [0.717, 1.165) is 28.3 Å². The first-order chi connectivity index (χ1) is 27.7. The number of hydrogen-bond acceptors (Lipinski definition) is 0. The summed E-state index contributed by atoms with van der Waals surface area (Å²) in [7, 11) is 0. The van der Waals surface area contributed by atoms with Crippen LogP contribution >= 0.6 is 0 Å². The molecule has 57 heavy (non-hydrogen) atoms. The molecule has 0 aliphatic heterocycles. The Bertz CT molecular complexity index is 3020. The van der Waals surface area contributed by atoms with Gasteiger partial charge in [0.1, 0.15) is 11.4 Å². The molecule has 0 spiro atoms. The molecule has 10 rings (SSSR count). The van der Waals surface area contributed by atoms with Crippen LogP contribution in [0.3, 0.4) is 0 Å². The summed E-state index contributed by atoms with van der Waals surface area (Å²) >= 11 is 0. The van der Waals surface area contributed by atoms with Crippen LogP contribution in [0.5, 0.6) is 0 Å². The fourth-order valence-corrected chi connectivity index (χ4v) is 8.26. The molecule has 10 aromatic rings. The van der Waals surface area contributed by atoms with E-state index in [9.17, 15) is 8.78 Å². The molecule has 0 radical (unpaired) electrons. The Hall–Kier alpha value is -7.06. The van der Waals surface area contributed by atoms with E-state index in [2.05, 4.69) is 0 Å². The smallest absolute Gasteiger partial charge is 0.309 e. The molecule has 8 aromatic carbocycles. The molecule has 0 aliphatic carbocycles. The van der Waals surface area contributed by atoms with Gasteiger partial charge in [0.15, 0.2) is 11.6 Å². The highest BCUT2D eigenvalue weighted by molar-refractivity contribution is 6.12. The molecular weight excluding hydrogens is 731 g/mol. The molecule has 2 aromatic heterocycles. The molecule has 0 aliphatic rings. The highest BCUT2D eigenvalue weighted by Crippen LogP contribution is 2.47. The molecule has 276 valence electrons. The van der Waals surface area contributed by atoms with Crippen LogP contribution in [0.25, 0.3) is 88.4 Å². The predicted octanol–water partition coefficient (Wildman–Crippen LogP) is 14.3. The monoisotopic (exact) mass is 758 g/mol. The third-order valence-electron chi connectivity index (χ3n) is 10.7. The first-order valence-electron chi connectivity index (χ1n) is 18.2. The van der Waals surface area contributed by atoms with Gasteiger partial charge in [-0.3, -0.25) is 0 Å². The van der Waals surface area contributed by atoms with Gasteiger partial charge in [-0.05, 0) is 70.3 Å². The second kappa shape index (κ2) is 13.0. The first-order valence-corrected chi connectivity index (χ1v) is 18.2. The summed E-state index contributed by atoms with van der Waals surface area (Å²) < 4.78 is 97.8. The number of nitrogens with zero attached hydrogens (tertiary/aromatic N) is 2. The van der Waals surface area contributed by atoms with E-state index in [1.54, 1.807) is 24.3 Å². The van der Waals surface area contributed by atoms with Crippen molar-refractivity contribution in [2.75, 3.05) is 0 Å². The lowest BCUT2D eigenvalue weighted by Gasteiger charge is -2.23. The summed E-state index contributed by atoms with van der Waals surface area (Å²) in [4.78, 5) is 0. The number of benzene rings is 8. The maximum absolute atomic E-state index is 16.3. The van der Waals surface area contributed by atoms with Crippen LogP contribution in [0.4, 0.5) is 26.3 Å². The van der Waals surface area contributed by atoms with Gasteiger partial charge in [-0.1, -0.05) is 121 Å². The summed E-state index contributed by atoms with van der Waals surface area (Å²) in [6.45, 7) is 0. The maximum Gasteiger partial charge on any atom is 0.420 e. The van der Waals surface area contributed by atoms with Gasteiger partial charge < -0.3 is 9.13 Å².